The van der Waals surface area contributed by atoms with Crippen LogP contribution in [0, 0.1) is 0 Å². The lowest BCUT2D eigenvalue weighted by molar-refractivity contribution is -0.149. The SMILES string of the molecule is CCOC(=O)C1CCCCN1C(=O)NC(=O)CCl. The summed E-state index contributed by atoms with van der Waals surface area (Å²) < 4.78 is 4.92. The zero-order chi connectivity index (χ0) is 13.5. The van der Waals surface area contributed by atoms with Gasteiger partial charge >= 0.3 is 12.0 Å². The molecule has 1 heterocycles. The summed E-state index contributed by atoms with van der Waals surface area (Å²) in [5.74, 6) is -1.29. The number of amides is 3. The molecule has 1 aliphatic heterocycles. The lowest BCUT2D eigenvalue weighted by Gasteiger charge is -2.33. The van der Waals surface area contributed by atoms with Gasteiger partial charge in [0.1, 0.15) is 11.9 Å². The van der Waals surface area contributed by atoms with Crippen molar-refractivity contribution in [3.63, 3.8) is 0 Å². The Morgan fingerprint density at radius 3 is 2.72 bits per heavy atom. The summed E-state index contributed by atoms with van der Waals surface area (Å²) in [6.07, 6.45) is 2.22. The maximum Gasteiger partial charge on any atom is 0.328 e. The van der Waals surface area contributed by atoms with Crippen molar-refractivity contribution < 1.29 is 19.1 Å². The van der Waals surface area contributed by atoms with E-state index in [0.717, 1.165) is 12.8 Å². The maximum absolute atomic E-state index is 11.8. The van der Waals surface area contributed by atoms with E-state index in [9.17, 15) is 14.4 Å². The number of piperidine rings is 1. The zero-order valence-corrected chi connectivity index (χ0v) is 11.0. The third kappa shape index (κ3) is 3.87. The Morgan fingerprint density at radius 1 is 1.39 bits per heavy atom. The number of imide groups is 1. The van der Waals surface area contributed by atoms with E-state index in [1.807, 2.05) is 0 Å². The molecule has 0 aliphatic carbocycles. The molecule has 6 nitrogen and oxygen atoms in total. The van der Waals surface area contributed by atoms with E-state index >= 15 is 0 Å². The van der Waals surface area contributed by atoms with Gasteiger partial charge in [-0.15, -0.1) is 11.6 Å². The summed E-state index contributed by atoms with van der Waals surface area (Å²) in [6.45, 7) is 2.42. The first-order chi connectivity index (χ1) is 8.60. The van der Waals surface area contributed by atoms with Crippen molar-refractivity contribution in [3.05, 3.63) is 0 Å². The molecule has 1 aliphatic rings. The molecule has 0 radical (unpaired) electrons. The Kier molecular flexibility index (Phi) is 5.91. The number of halogens is 1. The minimum atomic E-state index is -0.609. The lowest BCUT2D eigenvalue weighted by Crippen LogP contribution is -2.53. The van der Waals surface area contributed by atoms with Gasteiger partial charge in [0.15, 0.2) is 0 Å². The summed E-state index contributed by atoms with van der Waals surface area (Å²) >= 11 is 5.31. The van der Waals surface area contributed by atoms with Crippen LogP contribution in [0.25, 0.3) is 0 Å². The number of rotatable bonds is 3. The number of ether oxygens (including phenoxy) is 1. The molecule has 0 aromatic heterocycles. The molecule has 18 heavy (non-hydrogen) atoms. The number of nitrogens with one attached hydrogen (secondary N) is 1. The first-order valence-electron chi connectivity index (χ1n) is 5.93. The van der Waals surface area contributed by atoms with Crippen LogP contribution in [0.4, 0.5) is 4.79 Å². The fourth-order valence-electron chi connectivity index (χ4n) is 1.88. The van der Waals surface area contributed by atoms with Gasteiger partial charge in [-0.1, -0.05) is 0 Å². The number of alkyl halides is 1. The van der Waals surface area contributed by atoms with Gasteiger partial charge < -0.3 is 9.64 Å². The molecule has 0 spiro atoms. The van der Waals surface area contributed by atoms with Crippen LogP contribution >= 0.6 is 11.6 Å². The fraction of sp³-hybridized carbons (Fsp3) is 0.727. The van der Waals surface area contributed by atoms with Gasteiger partial charge in [-0.2, -0.15) is 0 Å². The number of likely N-dealkylation sites (tertiary alicyclic amines) is 1. The van der Waals surface area contributed by atoms with Gasteiger partial charge in [0, 0.05) is 6.54 Å². The van der Waals surface area contributed by atoms with Crippen LogP contribution in [0.15, 0.2) is 0 Å². The first-order valence-corrected chi connectivity index (χ1v) is 6.46. The average Bonchev–Trinajstić information content (AvgIpc) is 2.38. The van der Waals surface area contributed by atoms with E-state index in [4.69, 9.17) is 16.3 Å². The summed E-state index contributed by atoms with van der Waals surface area (Å²) in [5.41, 5.74) is 0. The normalized spacial score (nSPS) is 19.2. The maximum atomic E-state index is 11.8. The second-order valence-corrected chi connectivity index (χ2v) is 4.21. The number of carbonyl (C=O) groups excluding carboxylic acids is 3. The summed E-state index contributed by atoms with van der Waals surface area (Å²) in [6, 6.07) is -1.19. The highest BCUT2D eigenvalue weighted by molar-refractivity contribution is 6.28. The molecule has 1 saturated heterocycles. The summed E-state index contributed by atoms with van der Waals surface area (Å²) in [7, 11) is 0. The Hall–Kier alpha value is -1.30. The molecule has 3 amide bonds. The molecule has 1 atom stereocenters. The Labute approximate surface area is 111 Å². The number of hydrogen-bond acceptors (Lipinski definition) is 4. The molecule has 1 fully saturated rings. The van der Waals surface area contributed by atoms with Crippen LogP contribution in [0.3, 0.4) is 0 Å². The molecule has 0 aromatic rings. The third-order valence-corrected chi connectivity index (χ3v) is 2.93. The highest BCUT2D eigenvalue weighted by Gasteiger charge is 2.33. The highest BCUT2D eigenvalue weighted by Crippen LogP contribution is 2.18. The molecule has 1 N–H and O–H groups in total. The van der Waals surface area contributed by atoms with E-state index in [-0.39, 0.29) is 12.5 Å². The third-order valence-electron chi connectivity index (χ3n) is 2.69. The molecular weight excluding hydrogens is 260 g/mol. The van der Waals surface area contributed by atoms with E-state index in [1.165, 1.54) is 4.90 Å². The molecule has 1 unspecified atom stereocenters. The van der Waals surface area contributed by atoms with E-state index in [2.05, 4.69) is 5.32 Å². The Balaban J connectivity index is 2.66. The highest BCUT2D eigenvalue weighted by atomic mass is 35.5. The molecule has 0 aromatic carbocycles. The van der Waals surface area contributed by atoms with Gasteiger partial charge in [-0.25, -0.2) is 9.59 Å². The van der Waals surface area contributed by atoms with Crippen LogP contribution in [-0.2, 0) is 14.3 Å². The number of esters is 1. The number of carbonyl (C=O) groups is 3. The first kappa shape index (κ1) is 14.8. The van der Waals surface area contributed by atoms with Crippen LogP contribution < -0.4 is 5.32 Å². The van der Waals surface area contributed by atoms with Crippen LogP contribution in [0.5, 0.6) is 0 Å². The fourth-order valence-corrected chi connectivity index (χ4v) is 1.95. The van der Waals surface area contributed by atoms with Crippen LogP contribution in [0.2, 0.25) is 0 Å². The smallest absolute Gasteiger partial charge is 0.328 e. The average molecular weight is 277 g/mol. The lowest BCUT2D eigenvalue weighted by atomic mass is 10.0. The molecular formula is C11H17ClN2O4. The number of urea groups is 1. The Bertz CT molecular complexity index is 335. The topological polar surface area (TPSA) is 75.7 Å². The summed E-state index contributed by atoms with van der Waals surface area (Å²) in [4.78, 5) is 35.9. The van der Waals surface area contributed by atoms with Crippen molar-refractivity contribution in [1.29, 1.82) is 0 Å². The molecule has 102 valence electrons. The van der Waals surface area contributed by atoms with Gasteiger partial charge in [0.2, 0.25) is 5.91 Å². The van der Waals surface area contributed by atoms with Gasteiger partial charge in [0.05, 0.1) is 6.61 Å². The van der Waals surface area contributed by atoms with Crippen molar-refractivity contribution in [2.24, 2.45) is 0 Å². The van der Waals surface area contributed by atoms with Gasteiger partial charge in [-0.3, -0.25) is 10.1 Å². The predicted molar refractivity (Wildman–Crippen MR) is 65.2 cm³/mol. The van der Waals surface area contributed by atoms with Crippen molar-refractivity contribution in [1.82, 2.24) is 10.2 Å². The van der Waals surface area contributed by atoms with Gasteiger partial charge in [0.25, 0.3) is 0 Å². The predicted octanol–water partition coefficient (Wildman–Crippen LogP) is 0.879. The number of hydrogen-bond donors (Lipinski definition) is 1. The number of nitrogens with zero attached hydrogens (tertiary/aromatic N) is 1. The van der Waals surface area contributed by atoms with Crippen molar-refractivity contribution >= 4 is 29.5 Å². The second-order valence-electron chi connectivity index (χ2n) is 3.94. The van der Waals surface area contributed by atoms with E-state index in [1.54, 1.807) is 6.92 Å². The monoisotopic (exact) mass is 276 g/mol. The van der Waals surface area contributed by atoms with Gasteiger partial charge in [-0.05, 0) is 26.2 Å². The molecule has 1 rings (SSSR count). The molecule has 7 heteroatoms. The molecule has 0 saturated carbocycles. The van der Waals surface area contributed by atoms with Crippen molar-refractivity contribution in [2.75, 3.05) is 19.0 Å². The van der Waals surface area contributed by atoms with Crippen LogP contribution in [-0.4, -0.2) is 47.9 Å². The Morgan fingerprint density at radius 2 is 2.11 bits per heavy atom. The second kappa shape index (κ2) is 7.20. The standard InChI is InChI=1S/C11H17ClN2O4/c1-2-18-10(16)8-5-3-4-6-14(8)11(17)13-9(15)7-12/h8H,2-7H2,1H3,(H,13,15,17). The van der Waals surface area contributed by atoms with E-state index in [0.29, 0.717) is 13.0 Å². The quantitative estimate of drug-likeness (QED) is 0.613. The summed E-state index contributed by atoms with van der Waals surface area (Å²) in [5, 5.41) is 2.13. The minimum Gasteiger partial charge on any atom is -0.464 e. The minimum absolute atomic E-state index is 0.269. The van der Waals surface area contributed by atoms with E-state index < -0.39 is 23.9 Å². The van der Waals surface area contributed by atoms with Crippen molar-refractivity contribution in [3.8, 4) is 0 Å². The van der Waals surface area contributed by atoms with Crippen LogP contribution in [0.1, 0.15) is 26.2 Å². The largest absolute Gasteiger partial charge is 0.464 e. The van der Waals surface area contributed by atoms with Crippen molar-refractivity contribution in [2.45, 2.75) is 32.2 Å². The zero-order valence-electron chi connectivity index (χ0n) is 10.3. The molecule has 0 bridgehead atoms.